The Labute approximate surface area is 120 Å². The molecule has 0 bridgehead atoms. The second-order valence-electron chi connectivity index (χ2n) is 5.03. The third-order valence-electron chi connectivity index (χ3n) is 2.78. The Hall–Kier alpha value is -1.56. The molecule has 1 atom stereocenters. The lowest BCUT2D eigenvalue weighted by atomic mass is 10.1. The predicted molar refractivity (Wildman–Crippen MR) is 82.0 cm³/mol. The van der Waals surface area contributed by atoms with Crippen molar-refractivity contribution >= 4 is 21.4 Å². The van der Waals surface area contributed by atoms with Gasteiger partial charge in [-0.15, -0.1) is 0 Å². The average molecular weight is 298 g/mol. The Balaban J connectivity index is 2.77. The first-order chi connectivity index (χ1) is 9.23. The van der Waals surface area contributed by atoms with Crippen molar-refractivity contribution in [2.75, 3.05) is 23.9 Å². The van der Waals surface area contributed by atoms with E-state index in [2.05, 4.69) is 10.6 Å². The fourth-order valence-corrected chi connectivity index (χ4v) is 3.02. The van der Waals surface area contributed by atoms with Gasteiger partial charge in [0.2, 0.25) is 0 Å². The Bertz CT molecular complexity index is 582. The van der Waals surface area contributed by atoms with Crippen molar-refractivity contribution in [1.82, 2.24) is 5.32 Å². The van der Waals surface area contributed by atoms with Gasteiger partial charge in [0.25, 0.3) is 5.91 Å². The van der Waals surface area contributed by atoms with Gasteiger partial charge >= 0.3 is 0 Å². The van der Waals surface area contributed by atoms with Gasteiger partial charge < -0.3 is 10.6 Å². The first kappa shape index (κ1) is 16.5. The number of sulfone groups is 1. The van der Waals surface area contributed by atoms with Crippen LogP contribution in [0.25, 0.3) is 0 Å². The van der Waals surface area contributed by atoms with Crippen molar-refractivity contribution in [1.29, 1.82) is 0 Å². The van der Waals surface area contributed by atoms with Crippen LogP contribution in [0.5, 0.6) is 0 Å². The molecule has 1 unspecified atom stereocenters. The van der Waals surface area contributed by atoms with E-state index in [1.165, 1.54) is 0 Å². The fraction of sp³-hybridized carbons (Fsp3) is 0.500. The van der Waals surface area contributed by atoms with E-state index in [9.17, 15) is 13.2 Å². The maximum atomic E-state index is 12.1. The largest absolute Gasteiger partial charge is 0.385 e. The normalized spacial score (nSPS) is 12.8. The van der Waals surface area contributed by atoms with Crippen LogP contribution >= 0.6 is 0 Å². The zero-order chi connectivity index (χ0) is 15.3. The molecule has 0 aromatic heterocycles. The molecule has 0 spiro atoms. The van der Waals surface area contributed by atoms with Gasteiger partial charge in [-0.25, -0.2) is 8.42 Å². The highest BCUT2D eigenvalue weighted by Crippen LogP contribution is 2.15. The number of rotatable bonds is 6. The summed E-state index contributed by atoms with van der Waals surface area (Å²) in [5, 5.41) is 5.88. The molecule has 1 rings (SSSR count). The smallest absolute Gasteiger partial charge is 0.251 e. The van der Waals surface area contributed by atoms with Crippen LogP contribution in [0.3, 0.4) is 0 Å². The molecule has 1 aromatic rings. The molecule has 0 fully saturated rings. The number of benzene rings is 1. The summed E-state index contributed by atoms with van der Waals surface area (Å²) in [7, 11) is -3.10. The molecule has 112 valence electrons. The van der Waals surface area contributed by atoms with Crippen molar-refractivity contribution in [2.24, 2.45) is 0 Å². The highest BCUT2D eigenvalue weighted by molar-refractivity contribution is 7.90. The van der Waals surface area contributed by atoms with Gasteiger partial charge in [-0.2, -0.15) is 0 Å². The zero-order valence-electron chi connectivity index (χ0n) is 12.4. The molecule has 2 N–H and O–H groups in total. The second-order valence-corrected chi connectivity index (χ2v) is 7.21. The minimum atomic E-state index is -3.10. The summed E-state index contributed by atoms with van der Waals surface area (Å²) in [6, 6.07) is 5.08. The molecule has 0 aliphatic heterocycles. The second kappa shape index (κ2) is 6.74. The van der Waals surface area contributed by atoms with Gasteiger partial charge in [0.15, 0.2) is 0 Å². The molecule has 0 aliphatic rings. The lowest BCUT2D eigenvalue weighted by Crippen LogP contribution is -2.37. The van der Waals surface area contributed by atoms with Gasteiger partial charge in [0.05, 0.1) is 5.75 Å². The van der Waals surface area contributed by atoms with E-state index in [0.717, 1.165) is 24.1 Å². The summed E-state index contributed by atoms with van der Waals surface area (Å²) in [5.74, 6) is -0.311. The summed E-state index contributed by atoms with van der Waals surface area (Å²) >= 11 is 0. The highest BCUT2D eigenvalue weighted by Gasteiger charge is 2.15. The Kier molecular flexibility index (Phi) is 5.56. The molecule has 1 aromatic carbocycles. The van der Waals surface area contributed by atoms with Crippen LogP contribution in [0, 0.1) is 6.92 Å². The van der Waals surface area contributed by atoms with Gasteiger partial charge in [0, 0.05) is 30.1 Å². The van der Waals surface area contributed by atoms with Crippen LogP contribution in [0.1, 0.15) is 29.8 Å². The van der Waals surface area contributed by atoms with Gasteiger partial charge in [-0.3, -0.25) is 4.79 Å². The standard InChI is InChI=1S/C14H22N2O3S/c1-5-15-12-6-7-13(10(2)8-12)14(17)16-11(3)9-20(4,18)19/h6-8,11,15H,5,9H2,1-4H3,(H,16,17). The van der Waals surface area contributed by atoms with Gasteiger partial charge in [-0.05, 0) is 44.5 Å². The molecule has 1 amide bonds. The number of nitrogens with one attached hydrogen (secondary N) is 2. The Morgan fingerprint density at radius 2 is 2.00 bits per heavy atom. The van der Waals surface area contributed by atoms with E-state index >= 15 is 0 Å². The summed E-state index contributed by atoms with van der Waals surface area (Å²) in [6.45, 7) is 6.36. The molecule has 5 nitrogen and oxygen atoms in total. The van der Waals surface area contributed by atoms with Crippen LogP contribution in [0.15, 0.2) is 18.2 Å². The van der Waals surface area contributed by atoms with E-state index in [1.807, 2.05) is 26.0 Å². The first-order valence-electron chi connectivity index (χ1n) is 6.56. The van der Waals surface area contributed by atoms with Crippen molar-refractivity contribution in [3.63, 3.8) is 0 Å². The molecule has 0 aliphatic carbocycles. The van der Waals surface area contributed by atoms with Crippen molar-refractivity contribution < 1.29 is 13.2 Å². The number of hydrogen-bond donors (Lipinski definition) is 2. The average Bonchev–Trinajstić information content (AvgIpc) is 2.26. The molecular weight excluding hydrogens is 276 g/mol. The Morgan fingerprint density at radius 3 is 2.50 bits per heavy atom. The van der Waals surface area contributed by atoms with Crippen LogP contribution in [-0.4, -0.2) is 38.9 Å². The number of hydrogen-bond acceptors (Lipinski definition) is 4. The van der Waals surface area contributed by atoms with E-state index < -0.39 is 15.9 Å². The SMILES string of the molecule is CCNc1ccc(C(=O)NC(C)CS(C)(=O)=O)c(C)c1. The number of aryl methyl sites for hydroxylation is 1. The molecule has 0 heterocycles. The fourth-order valence-electron chi connectivity index (χ4n) is 2.03. The lowest BCUT2D eigenvalue weighted by molar-refractivity contribution is 0.0943. The van der Waals surface area contributed by atoms with Crippen molar-refractivity contribution in [3.05, 3.63) is 29.3 Å². The lowest BCUT2D eigenvalue weighted by Gasteiger charge is -2.14. The molecule has 0 radical (unpaired) electrons. The van der Waals surface area contributed by atoms with Crippen LogP contribution < -0.4 is 10.6 Å². The quantitative estimate of drug-likeness (QED) is 0.836. The number of anilines is 1. The van der Waals surface area contributed by atoms with Crippen LogP contribution in [-0.2, 0) is 9.84 Å². The van der Waals surface area contributed by atoms with E-state index in [4.69, 9.17) is 0 Å². The number of carbonyl (C=O) groups is 1. The third kappa shape index (κ3) is 5.21. The minimum absolute atomic E-state index is 0.0622. The topological polar surface area (TPSA) is 75.3 Å². The highest BCUT2D eigenvalue weighted by atomic mass is 32.2. The number of amides is 1. The van der Waals surface area contributed by atoms with E-state index in [1.54, 1.807) is 13.0 Å². The van der Waals surface area contributed by atoms with Gasteiger partial charge in [0.1, 0.15) is 9.84 Å². The first-order valence-corrected chi connectivity index (χ1v) is 8.62. The molecule has 6 heteroatoms. The zero-order valence-corrected chi connectivity index (χ0v) is 13.2. The summed E-state index contributed by atoms with van der Waals surface area (Å²) in [6.07, 6.45) is 1.16. The van der Waals surface area contributed by atoms with Crippen LogP contribution in [0.2, 0.25) is 0 Å². The van der Waals surface area contributed by atoms with Crippen molar-refractivity contribution in [3.8, 4) is 0 Å². The minimum Gasteiger partial charge on any atom is -0.385 e. The third-order valence-corrected chi connectivity index (χ3v) is 3.89. The number of carbonyl (C=O) groups excluding carboxylic acids is 1. The molecular formula is C14H22N2O3S. The summed E-state index contributed by atoms with van der Waals surface area (Å²) < 4.78 is 22.4. The van der Waals surface area contributed by atoms with Crippen molar-refractivity contribution in [2.45, 2.75) is 26.8 Å². The maximum absolute atomic E-state index is 12.1. The van der Waals surface area contributed by atoms with Crippen LogP contribution in [0.4, 0.5) is 5.69 Å². The van der Waals surface area contributed by atoms with E-state index in [0.29, 0.717) is 5.56 Å². The molecule has 0 saturated carbocycles. The van der Waals surface area contributed by atoms with E-state index in [-0.39, 0.29) is 11.7 Å². The molecule has 0 saturated heterocycles. The Morgan fingerprint density at radius 1 is 1.35 bits per heavy atom. The summed E-state index contributed by atoms with van der Waals surface area (Å²) in [4.78, 5) is 12.1. The summed E-state index contributed by atoms with van der Waals surface area (Å²) in [5.41, 5.74) is 2.38. The maximum Gasteiger partial charge on any atom is 0.251 e. The predicted octanol–water partition coefficient (Wildman–Crippen LogP) is 1.59. The van der Waals surface area contributed by atoms with Gasteiger partial charge in [-0.1, -0.05) is 0 Å². The molecule has 20 heavy (non-hydrogen) atoms. The monoisotopic (exact) mass is 298 g/mol.